The van der Waals surface area contributed by atoms with Gasteiger partial charge in [0.1, 0.15) is 5.82 Å². The van der Waals surface area contributed by atoms with Crippen LogP contribution < -0.4 is 10.6 Å². The molecule has 2 heterocycles. The zero-order valence-electron chi connectivity index (χ0n) is 13.1. The van der Waals surface area contributed by atoms with E-state index in [9.17, 15) is 9.59 Å². The molecule has 0 fully saturated rings. The van der Waals surface area contributed by atoms with E-state index in [0.29, 0.717) is 10.7 Å². The molecule has 0 saturated carbocycles. The number of aryl methyl sites for hydroxylation is 1. The van der Waals surface area contributed by atoms with Crippen LogP contribution >= 0.6 is 11.3 Å². The first-order valence-corrected chi connectivity index (χ1v) is 7.73. The summed E-state index contributed by atoms with van der Waals surface area (Å²) in [6, 6.07) is 8.34. The standard InChI is InChI=1S/C16H19N3O2S/c1-10-6-5-7-13(17-10)18-15(21)19-14(20)11-8-9-12(22-11)16(2,3)4/h5-9H,1-4H3,(H2,17,18,19,20,21). The van der Waals surface area contributed by atoms with Crippen LogP contribution in [-0.4, -0.2) is 16.9 Å². The lowest BCUT2D eigenvalue weighted by Gasteiger charge is -2.15. The van der Waals surface area contributed by atoms with Gasteiger partial charge in [0.25, 0.3) is 5.91 Å². The number of imide groups is 1. The van der Waals surface area contributed by atoms with Gasteiger partial charge in [0.05, 0.1) is 4.88 Å². The van der Waals surface area contributed by atoms with E-state index in [2.05, 4.69) is 36.4 Å². The number of pyridine rings is 1. The summed E-state index contributed by atoms with van der Waals surface area (Å²) in [7, 11) is 0. The molecular weight excluding hydrogens is 298 g/mol. The average molecular weight is 317 g/mol. The van der Waals surface area contributed by atoms with Crippen molar-refractivity contribution in [2.75, 3.05) is 5.32 Å². The third-order valence-electron chi connectivity index (χ3n) is 2.93. The zero-order chi connectivity index (χ0) is 16.3. The van der Waals surface area contributed by atoms with E-state index in [0.717, 1.165) is 10.6 Å². The summed E-state index contributed by atoms with van der Waals surface area (Å²) in [5, 5.41) is 4.85. The van der Waals surface area contributed by atoms with Gasteiger partial charge in [0.15, 0.2) is 0 Å². The minimum atomic E-state index is -0.589. The van der Waals surface area contributed by atoms with Crippen molar-refractivity contribution in [3.05, 3.63) is 45.8 Å². The second kappa shape index (κ2) is 6.27. The molecular formula is C16H19N3O2S. The Morgan fingerprint density at radius 2 is 1.86 bits per heavy atom. The van der Waals surface area contributed by atoms with Crippen LogP contribution in [0.1, 0.15) is 41.0 Å². The molecule has 0 bridgehead atoms. The summed E-state index contributed by atoms with van der Waals surface area (Å²) in [4.78, 5) is 29.7. The molecule has 5 nitrogen and oxygen atoms in total. The number of urea groups is 1. The molecule has 116 valence electrons. The van der Waals surface area contributed by atoms with E-state index in [-0.39, 0.29) is 5.41 Å². The van der Waals surface area contributed by atoms with E-state index in [4.69, 9.17) is 0 Å². The van der Waals surface area contributed by atoms with Crippen molar-refractivity contribution in [2.45, 2.75) is 33.1 Å². The molecule has 2 aromatic rings. The average Bonchev–Trinajstić information content (AvgIpc) is 2.87. The Morgan fingerprint density at radius 3 is 2.45 bits per heavy atom. The van der Waals surface area contributed by atoms with Gasteiger partial charge < -0.3 is 0 Å². The Morgan fingerprint density at radius 1 is 1.14 bits per heavy atom. The topological polar surface area (TPSA) is 71.1 Å². The summed E-state index contributed by atoms with van der Waals surface area (Å²) >= 11 is 1.39. The molecule has 3 amide bonds. The molecule has 0 saturated heterocycles. The smallest absolute Gasteiger partial charge is 0.292 e. The van der Waals surface area contributed by atoms with Crippen molar-refractivity contribution in [2.24, 2.45) is 0 Å². The lowest BCUT2D eigenvalue weighted by molar-refractivity contribution is 0.0971. The van der Waals surface area contributed by atoms with E-state index < -0.39 is 11.9 Å². The third-order valence-corrected chi connectivity index (χ3v) is 4.44. The summed E-state index contributed by atoms with van der Waals surface area (Å²) < 4.78 is 0. The van der Waals surface area contributed by atoms with Gasteiger partial charge in [-0.15, -0.1) is 11.3 Å². The van der Waals surface area contributed by atoms with Crippen LogP contribution in [0.15, 0.2) is 30.3 Å². The molecule has 0 radical (unpaired) electrons. The summed E-state index contributed by atoms with van der Waals surface area (Å²) in [5.74, 6) is -0.00230. The number of anilines is 1. The molecule has 0 aliphatic heterocycles. The minimum absolute atomic E-state index is 0.0169. The van der Waals surface area contributed by atoms with Gasteiger partial charge in [0, 0.05) is 10.6 Å². The van der Waals surface area contributed by atoms with E-state index in [1.54, 1.807) is 18.2 Å². The van der Waals surface area contributed by atoms with Crippen LogP contribution in [0, 0.1) is 6.92 Å². The number of nitrogens with one attached hydrogen (secondary N) is 2. The van der Waals surface area contributed by atoms with Crippen molar-refractivity contribution < 1.29 is 9.59 Å². The SMILES string of the molecule is Cc1cccc(NC(=O)NC(=O)c2ccc(C(C)(C)C)s2)n1. The van der Waals surface area contributed by atoms with Gasteiger partial charge in [0.2, 0.25) is 0 Å². The maximum atomic E-state index is 12.1. The zero-order valence-corrected chi connectivity index (χ0v) is 13.9. The van der Waals surface area contributed by atoms with Crippen LogP contribution in [0.2, 0.25) is 0 Å². The molecule has 0 spiro atoms. The fraction of sp³-hybridized carbons (Fsp3) is 0.312. The van der Waals surface area contributed by atoms with Crippen molar-refractivity contribution >= 4 is 29.1 Å². The van der Waals surface area contributed by atoms with Gasteiger partial charge in [-0.3, -0.25) is 15.4 Å². The number of hydrogen-bond acceptors (Lipinski definition) is 4. The molecule has 0 atom stereocenters. The summed E-state index contributed by atoms with van der Waals surface area (Å²) in [6.45, 7) is 8.07. The van der Waals surface area contributed by atoms with E-state index in [1.165, 1.54) is 11.3 Å². The van der Waals surface area contributed by atoms with Crippen LogP contribution in [0.4, 0.5) is 10.6 Å². The van der Waals surface area contributed by atoms with Gasteiger partial charge in [-0.05, 0) is 36.6 Å². The summed E-state index contributed by atoms with van der Waals surface area (Å²) in [6.07, 6.45) is 0. The highest BCUT2D eigenvalue weighted by Crippen LogP contribution is 2.29. The first kappa shape index (κ1) is 16.2. The van der Waals surface area contributed by atoms with E-state index >= 15 is 0 Å². The van der Waals surface area contributed by atoms with Crippen LogP contribution in [-0.2, 0) is 5.41 Å². The number of amides is 3. The number of carbonyl (C=O) groups excluding carboxylic acids is 2. The highest BCUT2D eigenvalue weighted by atomic mass is 32.1. The minimum Gasteiger partial charge on any atom is -0.292 e. The van der Waals surface area contributed by atoms with Gasteiger partial charge in [-0.1, -0.05) is 26.8 Å². The van der Waals surface area contributed by atoms with Crippen LogP contribution in [0.25, 0.3) is 0 Å². The number of rotatable bonds is 2. The predicted octanol–water partition coefficient (Wildman–Crippen LogP) is 3.71. The Balaban J connectivity index is 1.99. The summed E-state index contributed by atoms with van der Waals surface area (Å²) in [5.41, 5.74) is 0.772. The maximum absolute atomic E-state index is 12.1. The van der Waals surface area contributed by atoms with E-state index in [1.807, 2.05) is 19.1 Å². The molecule has 0 aromatic carbocycles. The predicted molar refractivity (Wildman–Crippen MR) is 88.5 cm³/mol. The quantitative estimate of drug-likeness (QED) is 0.887. The number of thiophene rings is 1. The monoisotopic (exact) mass is 317 g/mol. The lowest BCUT2D eigenvalue weighted by Crippen LogP contribution is -2.34. The first-order valence-electron chi connectivity index (χ1n) is 6.92. The molecule has 22 heavy (non-hydrogen) atoms. The molecule has 0 aliphatic rings. The van der Waals surface area contributed by atoms with Gasteiger partial charge in [-0.2, -0.15) is 0 Å². The van der Waals surface area contributed by atoms with Gasteiger partial charge >= 0.3 is 6.03 Å². The number of nitrogens with zero attached hydrogens (tertiary/aromatic N) is 1. The van der Waals surface area contributed by atoms with Crippen molar-refractivity contribution in [3.8, 4) is 0 Å². The number of aromatic nitrogens is 1. The van der Waals surface area contributed by atoms with Crippen LogP contribution in [0.3, 0.4) is 0 Å². The number of hydrogen-bond donors (Lipinski definition) is 2. The van der Waals surface area contributed by atoms with Crippen molar-refractivity contribution in [1.82, 2.24) is 10.3 Å². The van der Waals surface area contributed by atoms with Crippen molar-refractivity contribution in [1.29, 1.82) is 0 Å². The lowest BCUT2D eigenvalue weighted by atomic mass is 9.95. The fourth-order valence-corrected chi connectivity index (χ4v) is 2.75. The highest BCUT2D eigenvalue weighted by molar-refractivity contribution is 7.14. The first-order chi connectivity index (χ1) is 10.3. The third kappa shape index (κ3) is 4.14. The van der Waals surface area contributed by atoms with Crippen LogP contribution in [0.5, 0.6) is 0 Å². The molecule has 2 aromatic heterocycles. The molecule has 2 rings (SSSR count). The second-order valence-corrected chi connectivity index (χ2v) is 7.07. The molecule has 6 heteroatoms. The van der Waals surface area contributed by atoms with Gasteiger partial charge in [-0.25, -0.2) is 9.78 Å². The fourth-order valence-electron chi connectivity index (χ4n) is 1.79. The second-order valence-electron chi connectivity index (χ2n) is 5.99. The number of carbonyl (C=O) groups is 2. The Labute approximate surface area is 133 Å². The molecule has 2 N–H and O–H groups in total. The Kier molecular flexibility index (Phi) is 4.61. The van der Waals surface area contributed by atoms with Crippen molar-refractivity contribution in [3.63, 3.8) is 0 Å². The maximum Gasteiger partial charge on any atom is 0.327 e. The Hall–Kier alpha value is -2.21. The Bertz CT molecular complexity index is 701. The molecule has 0 aliphatic carbocycles. The normalized spacial score (nSPS) is 11.1. The largest absolute Gasteiger partial charge is 0.327 e. The highest BCUT2D eigenvalue weighted by Gasteiger charge is 2.19. The molecule has 0 unspecified atom stereocenters.